The van der Waals surface area contributed by atoms with E-state index >= 15 is 0 Å². The maximum Gasteiger partial charge on any atom is 0.0991 e. The third kappa shape index (κ3) is 4.06. The van der Waals surface area contributed by atoms with E-state index in [-0.39, 0.29) is 6.04 Å². The molecule has 1 rings (SSSR count). The van der Waals surface area contributed by atoms with Gasteiger partial charge in [0.05, 0.1) is 11.6 Å². The van der Waals surface area contributed by atoms with Crippen LogP contribution in [0.2, 0.25) is 0 Å². The van der Waals surface area contributed by atoms with Crippen LogP contribution in [0.25, 0.3) is 0 Å². The molecular formula is C13H15ClN2. The smallest absolute Gasteiger partial charge is 0.0991 e. The summed E-state index contributed by atoms with van der Waals surface area (Å²) in [4.78, 5) is 0. The van der Waals surface area contributed by atoms with Crippen LogP contribution in [0, 0.1) is 11.3 Å². The minimum absolute atomic E-state index is 0.271. The molecule has 0 aliphatic heterocycles. The van der Waals surface area contributed by atoms with Gasteiger partial charge in [-0.2, -0.15) is 5.26 Å². The number of hydrogen-bond acceptors (Lipinski definition) is 2. The topological polar surface area (TPSA) is 35.8 Å². The number of allylic oxidation sites excluding steroid dienone is 1. The van der Waals surface area contributed by atoms with Crippen LogP contribution in [0.4, 0.5) is 0 Å². The van der Waals surface area contributed by atoms with Gasteiger partial charge in [0.15, 0.2) is 0 Å². The third-order valence-corrected chi connectivity index (χ3v) is 2.52. The van der Waals surface area contributed by atoms with Crippen molar-refractivity contribution in [1.29, 1.82) is 5.26 Å². The van der Waals surface area contributed by atoms with E-state index in [9.17, 15) is 0 Å². The first-order valence-corrected chi connectivity index (χ1v) is 5.75. The van der Waals surface area contributed by atoms with Crippen LogP contribution in [-0.4, -0.2) is 12.4 Å². The molecule has 0 saturated carbocycles. The van der Waals surface area contributed by atoms with Crippen LogP contribution in [-0.2, 0) is 0 Å². The Labute approximate surface area is 102 Å². The largest absolute Gasteiger partial charge is 0.307 e. The van der Waals surface area contributed by atoms with Crippen LogP contribution in [0.3, 0.4) is 0 Å². The van der Waals surface area contributed by atoms with E-state index in [0.29, 0.717) is 11.4 Å². The highest BCUT2D eigenvalue weighted by Crippen LogP contribution is 2.12. The van der Waals surface area contributed by atoms with Gasteiger partial charge in [-0.3, -0.25) is 0 Å². The Hall–Kier alpha value is -1.30. The van der Waals surface area contributed by atoms with Gasteiger partial charge in [-0.05, 0) is 24.6 Å². The monoisotopic (exact) mass is 234 g/mol. The molecule has 0 amide bonds. The average molecular weight is 235 g/mol. The molecule has 0 bridgehead atoms. The molecule has 0 aliphatic carbocycles. The van der Waals surface area contributed by atoms with E-state index in [1.165, 1.54) is 5.56 Å². The number of nitrogens with zero attached hydrogens (tertiary/aromatic N) is 1. The van der Waals surface area contributed by atoms with Gasteiger partial charge in [-0.15, -0.1) is 11.6 Å². The summed E-state index contributed by atoms with van der Waals surface area (Å²) in [6, 6.07) is 10.00. The highest BCUT2D eigenvalue weighted by Gasteiger charge is 2.02. The minimum Gasteiger partial charge on any atom is -0.307 e. The summed E-state index contributed by atoms with van der Waals surface area (Å²) in [5, 5.41) is 12.0. The molecule has 1 aromatic carbocycles. The Morgan fingerprint density at radius 3 is 2.62 bits per heavy atom. The minimum atomic E-state index is 0.271. The molecule has 0 heterocycles. The standard InChI is InChI=1S/C13H15ClN2/c1-11(16-9-3-2-8-14)13-6-4-12(10-15)5-7-13/h2-7,11,16H,8-9H2,1H3/b3-2+. The number of hydrogen-bond donors (Lipinski definition) is 1. The summed E-state index contributed by atoms with van der Waals surface area (Å²) in [6.07, 6.45) is 3.92. The first-order chi connectivity index (χ1) is 7.77. The van der Waals surface area contributed by atoms with Crippen LogP contribution in [0.15, 0.2) is 36.4 Å². The van der Waals surface area contributed by atoms with Gasteiger partial charge in [0.2, 0.25) is 0 Å². The molecule has 84 valence electrons. The van der Waals surface area contributed by atoms with Gasteiger partial charge < -0.3 is 5.32 Å². The lowest BCUT2D eigenvalue weighted by atomic mass is 10.1. The van der Waals surface area contributed by atoms with Gasteiger partial charge in [-0.1, -0.05) is 24.3 Å². The molecule has 0 saturated heterocycles. The maximum absolute atomic E-state index is 8.68. The molecular weight excluding hydrogens is 220 g/mol. The van der Waals surface area contributed by atoms with Crippen LogP contribution in [0.5, 0.6) is 0 Å². The predicted molar refractivity (Wildman–Crippen MR) is 67.4 cm³/mol. The third-order valence-electron chi connectivity index (χ3n) is 2.34. The summed E-state index contributed by atoms with van der Waals surface area (Å²) in [5.74, 6) is 0.549. The molecule has 0 fully saturated rings. The van der Waals surface area contributed by atoms with Crippen molar-refractivity contribution in [3.63, 3.8) is 0 Å². The van der Waals surface area contributed by atoms with Crippen LogP contribution >= 0.6 is 11.6 Å². The van der Waals surface area contributed by atoms with Crippen LogP contribution in [0.1, 0.15) is 24.1 Å². The Bertz CT molecular complexity index is 376. The number of halogens is 1. The van der Waals surface area contributed by atoms with Gasteiger partial charge in [0.1, 0.15) is 0 Å². The first kappa shape index (κ1) is 12.8. The van der Waals surface area contributed by atoms with Gasteiger partial charge in [0.25, 0.3) is 0 Å². The highest BCUT2D eigenvalue weighted by molar-refractivity contribution is 6.18. The average Bonchev–Trinajstić information content (AvgIpc) is 2.34. The number of alkyl halides is 1. The molecule has 3 heteroatoms. The molecule has 1 aromatic rings. The second-order valence-corrected chi connectivity index (χ2v) is 3.80. The molecule has 0 aromatic heterocycles. The summed E-state index contributed by atoms with van der Waals surface area (Å²) < 4.78 is 0. The summed E-state index contributed by atoms with van der Waals surface area (Å²) in [7, 11) is 0. The fourth-order valence-electron chi connectivity index (χ4n) is 1.36. The Morgan fingerprint density at radius 1 is 1.38 bits per heavy atom. The zero-order valence-corrected chi connectivity index (χ0v) is 10.0. The lowest BCUT2D eigenvalue weighted by molar-refractivity contribution is 0.617. The lowest BCUT2D eigenvalue weighted by Gasteiger charge is -2.12. The van der Waals surface area contributed by atoms with Crippen molar-refractivity contribution >= 4 is 11.6 Å². The van der Waals surface area contributed by atoms with E-state index < -0.39 is 0 Å². The second-order valence-electron chi connectivity index (χ2n) is 3.49. The van der Waals surface area contributed by atoms with Crippen LogP contribution < -0.4 is 5.32 Å². The SMILES string of the molecule is CC(NC/C=C/CCl)c1ccc(C#N)cc1. The molecule has 0 spiro atoms. The van der Waals surface area contributed by atoms with E-state index in [1.54, 1.807) is 0 Å². The lowest BCUT2D eigenvalue weighted by Crippen LogP contribution is -2.18. The fraction of sp³-hybridized carbons (Fsp3) is 0.308. The Morgan fingerprint density at radius 2 is 2.06 bits per heavy atom. The molecule has 1 N–H and O–H groups in total. The number of benzene rings is 1. The Kier molecular flexibility index (Phi) is 5.63. The molecule has 1 atom stereocenters. The van der Waals surface area contributed by atoms with Crippen molar-refractivity contribution in [3.05, 3.63) is 47.5 Å². The zero-order valence-electron chi connectivity index (χ0n) is 9.28. The second kappa shape index (κ2) is 7.05. The zero-order chi connectivity index (χ0) is 11.8. The molecule has 2 nitrogen and oxygen atoms in total. The quantitative estimate of drug-likeness (QED) is 0.628. The van der Waals surface area contributed by atoms with Gasteiger partial charge >= 0.3 is 0 Å². The van der Waals surface area contributed by atoms with Crippen molar-refractivity contribution in [2.75, 3.05) is 12.4 Å². The maximum atomic E-state index is 8.68. The first-order valence-electron chi connectivity index (χ1n) is 5.22. The van der Waals surface area contributed by atoms with E-state index in [1.807, 2.05) is 36.4 Å². The molecule has 16 heavy (non-hydrogen) atoms. The van der Waals surface area contributed by atoms with E-state index in [4.69, 9.17) is 16.9 Å². The normalized spacial score (nSPS) is 12.6. The van der Waals surface area contributed by atoms with Crippen molar-refractivity contribution in [1.82, 2.24) is 5.32 Å². The van der Waals surface area contributed by atoms with Gasteiger partial charge in [-0.25, -0.2) is 0 Å². The van der Waals surface area contributed by atoms with Crippen molar-refractivity contribution < 1.29 is 0 Å². The summed E-state index contributed by atoms with van der Waals surface area (Å²) >= 11 is 5.52. The molecule has 1 unspecified atom stereocenters. The predicted octanol–water partition coefficient (Wildman–Crippen LogP) is 3.00. The number of nitrogens with one attached hydrogen (secondary N) is 1. The Balaban J connectivity index is 2.50. The number of rotatable bonds is 5. The van der Waals surface area contributed by atoms with Gasteiger partial charge in [0, 0.05) is 18.5 Å². The van der Waals surface area contributed by atoms with E-state index in [0.717, 1.165) is 6.54 Å². The van der Waals surface area contributed by atoms with E-state index in [2.05, 4.69) is 18.3 Å². The molecule has 0 aliphatic rings. The highest BCUT2D eigenvalue weighted by atomic mass is 35.5. The van der Waals surface area contributed by atoms with Crippen molar-refractivity contribution in [2.24, 2.45) is 0 Å². The van der Waals surface area contributed by atoms with Crippen molar-refractivity contribution in [3.8, 4) is 6.07 Å². The fourth-order valence-corrected chi connectivity index (χ4v) is 1.48. The number of nitriles is 1. The van der Waals surface area contributed by atoms with Crippen molar-refractivity contribution in [2.45, 2.75) is 13.0 Å². The molecule has 0 radical (unpaired) electrons. The summed E-state index contributed by atoms with van der Waals surface area (Å²) in [6.45, 7) is 2.89. The summed E-state index contributed by atoms with van der Waals surface area (Å²) in [5.41, 5.74) is 1.87.